The van der Waals surface area contributed by atoms with Crippen molar-refractivity contribution in [1.29, 1.82) is 0 Å². The lowest BCUT2D eigenvalue weighted by Crippen LogP contribution is -2.82. The van der Waals surface area contributed by atoms with Crippen LogP contribution < -0.4 is 16.4 Å². The Bertz CT molecular complexity index is 734. The third-order valence-corrected chi connectivity index (χ3v) is 5.61. The fourth-order valence-electron chi connectivity index (χ4n) is 4.55. The quantitative estimate of drug-likeness (QED) is 0.652. The van der Waals surface area contributed by atoms with Crippen LogP contribution in [0.4, 0.5) is 0 Å². The molecule has 4 rings (SSSR count). The first-order chi connectivity index (χ1) is 13.2. The summed E-state index contributed by atoms with van der Waals surface area (Å²) in [5, 5.41) is 0. The van der Waals surface area contributed by atoms with Crippen LogP contribution in [-0.2, 0) is 0 Å². The Kier molecular flexibility index (Phi) is 5.21. The van der Waals surface area contributed by atoms with Gasteiger partial charge >= 0.3 is 20.9 Å². The smallest absolute Gasteiger partial charge is 0.325 e. The van der Waals surface area contributed by atoms with Gasteiger partial charge in [-0.05, 0) is 37.5 Å². The first kappa shape index (κ1) is 18.1. The molecule has 1 aliphatic heterocycles. The van der Waals surface area contributed by atoms with Crippen molar-refractivity contribution in [3.63, 3.8) is 0 Å². The van der Waals surface area contributed by atoms with E-state index in [9.17, 15) is 0 Å². The Morgan fingerprint density at radius 3 is 0.852 bits per heavy atom. The van der Waals surface area contributed by atoms with E-state index < -0.39 is 0 Å². The zero-order chi connectivity index (χ0) is 18.8. The van der Waals surface area contributed by atoms with Crippen LogP contribution >= 0.6 is 0 Å². The molecule has 1 heterocycles. The number of nitrogens with zero attached hydrogens (tertiary/aromatic N) is 3. The van der Waals surface area contributed by atoms with E-state index in [2.05, 4.69) is 126 Å². The summed E-state index contributed by atoms with van der Waals surface area (Å²) >= 11 is 0. The summed E-state index contributed by atoms with van der Waals surface area (Å²) in [7, 11) is 6.68. The molecule has 0 atom stereocenters. The number of benzene rings is 3. The van der Waals surface area contributed by atoms with Crippen LogP contribution in [0.1, 0.15) is 0 Å². The second-order valence-electron chi connectivity index (χ2n) is 7.35. The molecule has 0 N–H and O–H groups in total. The average Bonchev–Trinajstić information content (AvgIpc) is 2.70. The van der Waals surface area contributed by atoms with E-state index in [1.54, 1.807) is 0 Å². The van der Waals surface area contributed by atoms with Gasteiger partial charge in [0, 0.05) is 0 Å². The van der Waals surface area contributed by atoms with E-state index in [0.717, 1.165) is 0 Å². The number of rotatable bonds is 3. The van der Waals surface area contributed by atoms with E-state index in [1.807, 2.05) is 0 Å². The van der Waals surface area contributed by atoms with Crippen molar-refractivity contribution in [2.75, 3.05) is 21.1 Å². The Balaban J connectivity index is 1.83. The molecular formula is C21H24B3N3. The maximum atomic E-state index is 2.46. The SMILES string of the molecule is CN1B(c2ccccc2)N(C)B(c2ccccc2)N(C)B1c1ccccc1. The second kappa shape index (κ2) is 7.77. The van der Waals surface area contributed by atoms with Gasteiger partial charge in [0.05, 0.1) is 0 Å². The maximum absolute atomic E-state index is 2.46. The summed E-state index contributed by atoms with van der Waals surface area (Å²) in [6.07, 6.45) is 0. The summed E-state index contributed by atoms with van der Waals surface area (Å²) < 4.78 is 7.39. The standard InChI is InChI=1S/C21H24B3N3/c1-25-22(19-13-7-4-8-14-19)26(2)24(21-17-11-6-12-18-21)27(3)23(25)20-15-9-5-10-16-20/h4-18H,1-3H3. The third kappa shape index (κ3) is 3.36. The lowest BCUT2D eigenvalue weighted by atomic mass is 9.38. The van der Waals surface area contributed by atoms with Gasteiger partial charge in [0.25, 0.3) is 0 Å². The number of hydrogen-bond donors (Lipinski definition) is 0. The largest absolute Gasteiger partial charge is 0.351 e. The van der Waals surface area contributed by atoms with E-state index in [0.29, 0.717) is 0 Å². The topological polar surface area (TPSA) is 9.72 Å². The lowest BCUT2D eigenvalue weighted by Gasteiger charge is -2.51. The van der Waals surface area contributed by atoms with E-state index in [4.69, 9.17) is 0 Å². The first-order valence-electron chi connectivity index (χ1n) is 9.49. The molecule has 1 aliphatic rings. The van der Waals surface area contributed by atoms with Crippen LogP contribution in [0.5, 0.6) is 0 Å². The molecule has 0 bridgehead atoms. The Hall–Kier alpha value is -2.27. The van der Waals surface area contributed by atoms with E-state index >= 15 is 0 Å². The average molecular weight is 351 g/mol. The zero-order valence-electron chi connectivity index (χ0n) is 16.2. The van der Waals surface area contributed by atoms with Gasteiger partial charge < -0.3 is 14.2 Å². The van der Waals surface area contributed by atoms with Crippen LogP contribution in [-0.4, -0.2) is 56.3 Å². The summed E-state index contributed by atoms with van der Waals surface area (Å²) in [4.78, 5) is 0. The van der Waals surface area contributed by atoms with Crippen LogP contribution in [0, 0.1) is 0 Å². The van der Waals surface area contributed by atoms with Gasteiger partial charge in [-0.15, -0.1) is 0 Å². The normalized spacial score (nSPS) is 16.8. The summed E-state index contributed by atoms with van der Waals surface area (Å²) in [5.74, 6) is 0. The molecule has 3 aromatic rings. The zero-order valence-corrected chi connectivity index (χ0v) is 16.2. The highest BCUT2D eigenvalue weighted by Gasteiger charge is 2.50. The minimum atomic E-state index is 0.192. The van der Waals surface area contributed by atoms with Crippen LogP contribution in [0.3, 0.4) is 0 Å². The van der Waals surface area contributed by atoms with Crippen molar-refractivity contribution >= 4 is 37.3 Å². The van der Waals surface area contributed by atoms with Gasteiger partial charge in [-0.1, -0.05) is 91.0 Å². The fraction of sp³-hybridized carbons (Fsp3) is 0.143. The molecular weight excluding hydrogens is 327 g/mol. The highest BCUT2D eigenvalue weighted by molar-refractivity contribution is 6.97. The molecule has 132 valence electrons. The molecule has 1 fully saturated rings. The van der Waals surface area contributed by atoms with Crippen LogP contribution in [0.2, 0.25) is 0 Å². The molecule has 3 nitrogen and oxygen atoms in total. The lowest BCUT2D eigenvalue weighted by molar-refractivity contribution is 0.560. The maximum Gasteiger partial charge on any atom is 0.325 e. The van der Waals surface area contributed by atoms with Gasteiger partial charge in [0.2, 0.25) is 0 Å². The molecule has 0 radical (unpaired) electrons. The fourth-order valence-corrected chi connectivity index (χ4v) is 4.55. The summed E-state index contributed by atoms with van der Waals surface area (Å²) in [6, 6.07) is 32.4. The van der Waals surface area contributed by atoms with E-state index in [1.165, 1.54) is 16.4 Å². The molecule has 6 heteroatoms. The van der Waals surface area contributed by atoms with Crippen molar-refractivity contribution in [3.8, 4) is 0 Å². The van der Waals surface area contributed by atoms with Crippen molar-refractivity contribution in [1.82, 2.24) is 14.2 Å². The molecule has 0 aromatic heterocycles. The van der Waals surface area contributed by atoms with Gasteiger partial charge in [-0.2, -0.15) is 0 Å². The van der Waals surface area contributed by atoms with Crippen LogP contribution in [0.15, 0.2) is 91.0 Å². The number of hydrogen-bond acceptors (Lipinski definition) is 3. The highest BCUT2D eigenvalue weighted by Crippen LogP contribution is 2.16. The Labute approximate surface area is 164 Å². The second-order valence-corrected chi connectivity index (χ2v) is 7.35. The monoisotopic (exact) mass is 351 g/mol. The summed E-state index contributed by atoms with van der Waals surface area (Å²) in [6.45, 7) is 0.577. The predicted octanol–water partition coefficient (Wildman–Crippen LogP) is 0.982. The molecule has 27 heavy (non-hydrogen) atoms. The van der Waals surface area contributed by atoms with Gasteiger partial charge in [-0.3, -0.25) is 0 Å². The predicted molar refractivity (Wildman–Crippen MR) is 119 cm³/mol. The van der Waals surface area contributed by atoms with Crippen molar-refractivity contribution < 1.29 is 0 Å². The minimum absolute atomic E-state index is 0.192. The molecule has 0 unspecified atom stereocenters. The van der Waals surface area contributed by atoms with Gasteiger partial charge in [-0.25, -0.2) is 0 Å². The molecule has 1 saturated heterocycles. The Morgan fingerprint density at radius 1 is 0.407 bits per heavy atom. The van der Waals surface area contributed by atoms with Crippen molar-refractivity contribution in [3.05, 3.63) is 91.0 Å². The minimum Gasteiger partial charge on any atom is -0.351 e. The third-order valence-electron chi connectivity index (χ3n) is 5.61. The first-order valence-corrected chi connectivity index (χ1v) is 9.49. The molecule has 3 aromatic carbocycles. The van der Waals surface area contributed by atoms with Crippen molar-refractivity contribution in [2.24, 2.45) is 0 Å². The van der Waals surface area contributed by atoms with Gasteiger partial charge in [0.15, 0.2) is 0 Å². The van der Waals surface area contributed by atoms with Gasteiger partial charge in [0.1, 0.15) is 0 Å². The summed E-state index contributed by atoms with van der Waals surface area (Å²) in [5.41, 5.74) is 3.95. The highest BCUT2D eigenvalue weighted by atomic mass is 15.3. The molecule has 0 spiro atoms. The van der Waals surface area contributed by atoms with Crippen LogP contribution in [0.25, 0.3) is 0 Å². The molecule has 0 saturated carbocycles. The van der Waals surface area contributed by atoms with Crippen molar-refractivity contribution in [2.45, 2.75) is 0 Å². The Morgan fingerprint density at radius 2 is 0.630 bits per heavy atom. The van der Waals surface area contributed by atoms with E-state index in [-0.39, 0.29) is 20.9 Å². The molecule has 0 aliphatic carbocycles. The molecule has 0 amide bonds.